The zero-order valence-electron chi connectivity index (χ0n) is 58.0. The monoisotopic (exact) mass is 1400 g/mol. The molecule has 0 saturated carbocycles. The molecule has 0 amide bonds. The molecule has 18 heteroatoms. The molecule has 0 unspecified atom stereocenters. The van der Waals surface area contributed by atoms with Gasteiger partial charge in [-0.1, -0.05) is 273 Å². The second-order valence-electron chi connectivity index (χ2n) is 25.6. The van der Waals surface area contributed by atoms with Gasteiger partial charge in [-0.3, -0.25) is 9.59 Å². The summed E-state index contributed by atoms with van der Waals surface area (Å²) in [5.74, 6) is -1.32. The molecule has 3 aliphatic heterocycles. The van der Waals surface area contributed by atoms with Gasteiger partial charge in [-0.15, -0.1) is 0 Å². The molecular weight excluding hydrogens is 1310 g/mol. The van der Waals surface area contributed by atoms with E-state index in [2.05, 4.69) is 0 Å². The predicted molar refractivity (Wildman–Crippen MR) is 381 cm³/mol. The van der Waals surface area contributed by atoms with Crippen molar-refractivity contribution in [1.82, 2.24) is 0 Å². The van der Waals surface area contributed by atoms with Crippen LogP contribution in [0.15, 0.2) is 273 Å². The van der Waals surface area contributed by atoms with Gasteiger partial charge in [0.05, 0.1) is 79.3 Å². The maximum atomic E-state index is 14.0. The van der Waals surface area contributed by atoms with Gasteiger partial charge < -0.3 is 75.8 Å². The molecule has 3 aliphatic rings. The first-order chi connectivity index (χ1) is 50.7. The molecular formula is C85H90O18. The summed E-state index contributed by atoms with van der Waals surface area (Å²) in [6, 6.07) is 87.7. The molecule has 9 aromatic carbocycles. The Labute approximate surface area is 602 Å². The van der Waals surface area contributed by atoms with Crippen molar-refractivity contribution in [3.8, 4) is 0 Å². The molecule has 0 radical (unpaired) electrons. The molecule has 12 rings (SSSR count). The van der Waals surface area contributed by atoms with E-state index in [0.717, 1.165) is 50.1 Å². The predicted octanol–water partition coefficient (Wildman–Crippen LogP) is 13.6. The average Bonchev–Trinajstić information content (AvgIpc) is 0.788. The van der Waals surface area contributed by atoms with Gasteiger partial charge in [-0.25, -0.2) is 0 Å². The fourth-order valence-corrected chi connectivity index (χ4v) is 12.8. The van der Waals surface area contributed by atoms with Gasteiger partial charge >= 0.3 is 11.9 Å². The zero-order chi connectivity index (χ0) is 70.6. The van der Waals surface area contributed by atoms with Crippen molar-refractivity contribution < 1.29 is 85.4 Å². The Balaban J connectivity index is 0.989. The minimum Gasteiger partial charge on any atom is -0.454 e. The van der Waals surface area contributed by atoms with Gasteiger partial charge in [-0.2, -0.15) is 0 Å². The van der Waals surface area contributed by atoms with Crippen LogP contribution in [-0.2, 0) is 145 Å². The highest BCUT2D eigenvalue weighted by Crippen LogP contribution is 2.40. The van der Waals surface area contributed by atoms with E-state index in [0.29, 0.717) is 0 Å². The Hall–Kier alpha value is -8.64. The van der Waals surface area contributed by atoms with E-state index in [1.165, 1.54) is 13.8 Å². The third-order valence-corrected chi connectivity index (χ3v) is 17.8. The number of carbonyl (C=O) groups is 2. The molecule has 3 fully saturated rings. The molecule has 0 aliphatic carbocycles. The maximum Gasteiger partial charge on any atom is 0.303 e. The first-order valence-electron chi connectivity index (χ1n) is 35.1. The van der Waals surface area contributed by atoms with Gasteiger partial charge in [0.2, 0.25) is 6.29 Å². The Morgan fingerprint density at radius 2 is 0.437 bits per heavy atom. The SMILES string of the molecule is CC(=O)O[C@@H]1[C@H](O[C@@H]2O[C@H](COCc3ccccc3)[C@@H](OCc3ccccc3)[C@H](OCc3ccccc3)[C@@H]2O[C@@H]2O[C@H](COCc3ccccc3)[C@@H](OCc3ccccc3)[C@H](OCc3ccccc3)[C@@H]2OC(C)=O)O[C@H](COCc2ccccc2)[C@@H](OCc2ccccc2)[C@@H]1OCc1ccccc1. The molecule has 15 atom stereocenters. The summed E-state index contributed by atoms with van der Waals surface area (Å²) in [5, 5.41) is 0. The molecule has 18 nitrogen and oxygen atoms in total. The van der Waals surface area contributed by atoms with Gasteiger partial charge in [0, 0.05) is 13.8 Å². The van der Waals surface area contributed by atoms with E-state index in [1.807, 2.05) is 273 Å². The minimum absolute atomic E-state index is 0.0284. The highest BCUT2D eigenvalue weighted by atomic mass is 16.8. The van der Waals surface area contributed by atoms with E-state index in [-0.39, 0.29) is 79.3 Å². The summed E-state index contributed by atoms with van der Waals surface area (Å²) in [5.41, 5.74) is 7.88. The Bertz CT molecular complexity index is 3860. The number of benzene rings is 9. The van der Waals surface area contributed by atoms with Gasteiger partial charge in [0.15, 0.2) is 24.8 Å². The third-order valence-electron chi connectivity index (χ3n) is 17.8. The van der Waals surface area contributed by atoms with E-state index in [9.17, 15) is 9.59 Å². The second kappa shape index (κ2) is 39.3. The number of ether oxygens (including phenoxy) is 16. The van der Waals surface area contributed by atoms with Crippen LogP contribution in [0, 0.1) is 0 Å². The maximum absolute atomic E-state index is 14.0. The summed E-state index contributed by atoms with van der Waals surface area (Å²) in [7, 11) is 0. The van der Waals surface area contributed by atoms with Gasteiger partial charge in [0.1, 0.15) is 61.0 Å². The van der Waals surface area contributed by atoms with Crippen LogP contribution in [0.3, 0.4) is 0 Å². The lowest BCUT2D eigenvalue weighted by Gasteiger charge is -2.51. The lowest BCUT2D eigenvalue weighted by atomic mass is 9.95. The van der Waals surface area contributed by atoms with Crippen LogP contribution >= 0.6 is 0 Å². The Kier molecular flexibility index (Phi) is 28.3. The van der Waals surface area contributed by atoms with Crippen molar-refractivity contribution >= 4 is 11.9 Å². The summed E-state index contributed by atoms with van der Waals surface area (Å²) >= 11 is 0. The molecule has 0 N–H and O–H groups in total. The molecule has 0 spiro atoms. The van der Waals surface area contributed by atoms with Crippen molar-refractivity contribution in [2.75, 3.05) is 19.8 Å². The van der Waals surface area contributed by atoms with Crippen LogP contribution in [0.5, 0.6) is 0 Å². The molecule has 3 heterocycles. The van der Waals surface area contributed by atoms with Gasteiger partial charge in [0.25, 0.3) is 0 Å². The summed E-state index contributed by atoms with van der Waals surface area (Å²) < 4.78 is 113. The average molecular weight is 1400 g/mol. The van der Waals surface area contributed by atoms with Crippen molar-refractivity contribution in [3.05, 3.63) is 323 Å². The van der Waals surface area contributed by atoms with E-state index < -0.39 is 104 Å². The summed E-state index contributed by atoms with van der Waals surface area (Å²) in [6.07, 6.45) is -18.1. The Morgan fingerprint density at radius 1 is 0.243 bits per heavy atom. The van der Waals surface area contributed by atoms with Crippen LogP contribution < -0.4 is 0 Å². The van der Waals surface area contributed by atoms with Crippen LogP contribution in [0.4, 0.5) is 0 Å². The lowest BCUT2D eigenvalue weighted by molar-refractivity contribution is -0.410. The van der Waals surface area contributed by atoms with Crippen molar-refractivity contribution in [1.29, 1.82) is 0 Å². The van der Waals surface area contributed by atoms with Crippen LogP contribution in [0.2, 0.25) is 0 Å². The lowest BCUT2D eigenvalue weighted by Crippen LogP contribution is -2.68. The highest BCUT2D eigenvalue weighted by Gasteiger charge is 2.58. The molecule has 0 aromatic heterocycles. The standard InChI is InChI=1S/C85H90O18/c1-60(86)97-80-77(94-54-68-42-24-9-25-43-68)74(91-51-65-36-18-6-19-37-65)71(57-88-48-62-30-12-3-13-31-62)99-83(80)102-82-79(96-56-70-46-28-11-29-47-70)76(93-53-67-40-22-8-23-41-67)73(59-90-50-64-34-16-5-17-35-64)101-85(82)103-84-81(98-61(2)87)78(95-55-69-44-26-10-27-45-69)75(92-52-66-38-20-7-21-39-66)72(100-84)58-89-49-63-32-14-4-15-33-63/h3-47,71-85H,48-59H2,1-2H3/t71-,72-,73-,74-,75-,76-,77+,78+,79+,80+,81+,82+,83+,84+,85+/m1/s1. The summed E-state index contributed by atoms with van der Waals surface area (Å²) in [6.45, 7) is 3.62. The first kappa shape index (κ1) is 74.1. The van der Waals surface area contributed by atoms with Crippen molar-refractivity contribution in [2.45, 2.75) is 165 Å². The fraction of sp³-hybridized carbons (Fsp3) is 0.341. The number of carbonyl (C=O) groups excluding carboxylic acids is 2. The second-order valence-corrected chi connectivity index (χ2v) is 25.6. The fourth-order valence-electron chi connectivity index (χ4n) is 12.8. The van der Waals surface area contributed by atoms with Crippen LogP contribution in [0.1, 0.15) is 63.9 Å². The smallest absolute Gasteiger partial charge is 0.303 e. The first-order valence-corrected chi connectivity index (χ1v) is 35.1. The van der Waals surface area contributed by atoms with Crippen LogP contribution in [0.25, 0.3) is 0 Å². The largest absolute Gasteiger partial charge is 0.454 e. The molecule has 103 heavy (non-hydrogen) atoms. The summed E-state index contributed by atoms with van der Waals surface area (Å²) in [4.78, 5) is 28.0. The minimum atomic E-state index is -1.58. The number of esters is 2. The number of hydrogen-bond acceptors (Lipinski definition) is 18. The normalized spacial score (nSPS) is 24.8. The molecule has 538 valence electrons. The third kappa shape index (κ3) is 22.2. The highest BCUT2D eigenvalue weighted by molar-refractivity contribution is 5.66. The Morgan fingerprint density at radius 3 is 0.670 bits per heavy atom. The topological polar surface area (TPSA) is 182 Å². The molecule has 3 saturated heterocycles. The molecule has 9 aromatic rings. The quantitative estimate of drug-likeness (QED) is 0.0338. The van der Waals surface area contributed by atoms with Crippen molar-refractivity contribution in [2.24, 2.45) is 0 Å². The van der Waals surface area contributed by atoms with Crippen LogP contribution in [-0.4, -0.2) is 124 Å². The van der Waals surface area contributed by atoms with E-state index >= 15 is 0 Å². The van der Waals surface area contributed by atoms with E-state index in [1.54, 1.807) is 0 Å². The number of hydrogen-bond donors (Lipinski definition) is 0. The number of rotatable bonds is 36. The van der Waals surface area contributed by atoms with E-state index in [4.69, 9.17) is 75.8 Å². The van der Waals surface area contributed by atoms with Gasteiger partial charge in [-0.05, 0) is 50.1 Å². The zero-order valence-corrected chi connectivity index (χ0v) is 58.0. The molecule has 0 bridgehead atoms. The van der Waals surface area contributed by atoms with Crippen molar-refractivity contribution in [3.63, 3.8) is 0 Å².